The molecule has 3 aromatic rings. The van der Waals surface area contributed by atoms with Gasteiger partial charge in [-0.05, 0) is 30.3 Å². The number of nitrogens with zero attached hydrogens (tertiary/aromatic N) is 2. The van der Waals surface area contributed by atoms with E-state index in [1.807, 2.05) is 36.4 Å². The number of imidazole rings is 1. The van der Waals surface area contributed by atoms with Crippen LogP contribution in [0.5, 0.6) is 0 Å². The van der Waals surface area contributed by atoms with E-state index in [4.69, 9.17) is 4.98 Å². The lowest BCUT2D eigenvalue weighted by Gasteiger charge is -2.08. The van der Waals surface area contributed by atoms with Crippen molar-refractivity contribution in [2.45, 2.75) is 6.54 Å². The van der Waals surface area contributed by atoms with Gasteiger partial charge in [0.15, 0.2) is 0 Å². The quantitative estimate of drug-likeness (QED) is 0.647. The number of carbonyl (C=O) groups excluding carboxylic acids is 1. The Kier molecular flexibility index (Phi) is 3.31. The normalized spacial score (nSPS) is 14.0. The van der Waals surface area contributed by atoms with Gasteiger partial charge in [-0.25, -0.2) is 4.98 Å². The fourth-order valence-electron chi connectivity index (χ4n) is 2.87. The average molecular weight is 421 g/mol. The molecule has 4 nitrogen and oxygen atoms in total. The molecule has 1 aliphatic rings. The van der Waals surface area contributed by atoms with Gasteiger partial charge in [-0.1, -0.05) is 37.9 Å². The molecule has 0 fully saturated rings. The van der Waals surface area contributed by atoms with Crippen LogP contribution in [0, 0.1) is 0 Å². The van der Waals surface area contributed by atoms with Gasteiger partial charge in [0.05, 0.1) is 16.6 Å². The van der Waals surface area contributed by atoms with E-state index < -0.39 is 0 Å². The highest BCUT2D eigenvalue weighted by atomic mass is 79.9. The summed E-state index contributed by atoms with van der Waals surface area (Å²) >= 11 is 7.04. The topological polar surface area (TPSA) is 46.9 Å². The Morgan fingerprint density at radius 3 is 2.68 bits per heavy atom. The summed E-state index contributed by atoms with van der Waals surface area (Å²) in [7, 11) is 0. The second-order valence-corrected chi connectivity index (χ2v) is 7.01. The number of para-hydroxylation sites is 1. The molecule has 0 radical (unpaired) electrons. The van der Waals surface area contributed by atoms with E-state index in [2.05, 4.69) is 41.7 Å². The van der Waals surface area contributed by atoms with Gasteiger partial charge >= 0.3 is 0 Å². The van der Waals surface area contributed by atoms with Crippen LogP contribution in [-0.4, -0.2) is 22.0 Å². The van der Waals surface area contributed by atoms with Gasteiger partial charge < -0.3 is 9.88 Å². The first-order chi connectivity index (χ1) is 10.6. The summed E-state index contributed by atoms with van der Waals surface area (Å²) in [6.07, 6.45) is 0. The molecule has 1 aromatic heterocycles. The van der Waals surface area contributed by atoms with Crippen molar-refractivity contribution in [2.24, 2.45) is 0 Å². The molecule has 1 amide bonds. The van der Waals surface area contributed by atoms with Gasteiger partial charge in [0.25, 0.3) is 5.91 Å². The number of carbonyl (C=O) groups is 1. The van der Waals surface area contributed by atoms with Crippen molar-refractivity contribution in [2.75, 3.05) is 6.54 Å². The molecule has 1 aliphatic heterocycles. The van der Waals surface area contributed by atoms with Crippen molar-refractivity contribution < 1.29 is 4.79 Å². The van der Waals surface area contributed by atoms with Crippen LogP contribution in [0.25, 0.3) is 22.4 Å². The molecule has 6 heteroatoms. The first-order valence-corrected chi connectivity index (χ1v) is 8.46. The Bertz CT molecular complexity index is 897. The van der Waals surface area contributed by atoms with E-state index in [1.165, 1.54) is 0 Å². The maximum atomic E-state index is 12.2. The second kappa shape index (κ2) is 5.21. The van der Waals surface area contributed by atoms with Crippen LogP contribution < -0.4 is 5.32 Å². The van der Waals surface area contributed by atoms with Crippen molar-refractivity contribution in [3.63, 3.8) is 0 Å². The molecule has 1 N–H and O–H groups in total. The molecule has 0 spiro atoms. The summed E-state index contributed by atoms with van der Waals surface area (Å²) in [5, 5.41) is 2.93. The molecule has 0 unspecified atom stereocenters. The van der Waals surface area contributed by atoms with Gasteiger partial charge in [0, 0.05) is 27.6 Å². The number of nitrogens with one attached hydrogen (secondary N) is 1. The van der Waals surface area contributed by atoms with E-state index in [1.54, 1.807) is 0 Å². The first kappa shape index (κ1) is 14.0. The SMILES string of the molecule is O=C1NCCn2c(-c3cc(Br)cc(Br)c3)nc3cccc1c32. The molecule has 4 rings (SSSR count). The van der Waals surface area contributed by atoms with Crippen LogP contribution in [0.3, 0.4) is 0 Å². The number of benzene rings is 2. The minimum absolute atomic E-state index is 0.0359. The summed E-state index contributed by atoms with van der Waals surface area (Å²) < 4.78 is 4.09. The third-order valence-electron chi connectivity index (χ3n) is 3.75. The van der Waals surface area contributed by atoms with E-state index in [-0.39, 0.29) is 5.91 Å². The minimum atomic E-state index is -0.0359. The molecule has 2 heterocycles. The van der Waals surface area contributed by atoms with Crippen molar-refractivity contribution >= 4 is 48.8 Å². The molecule has 0 saturated heterocycles. The molecule has 0 aliphatic carbocycles. The van der Waals surface area contributed by atoms with Crippen LogP contribution in [0.15, 0.2) is 45.3 Å². The van der Waals surface area contributed by atoms with Crippen LogP contribution in [0.2, 0.25) is 0 Å². The maximum absolute atomic E-state index is 12.2. The fourth-order valence-corrected chi connectivity index (χ4v) is 4.16. The zero-order chi connectivity index (χ0) is 15.3. The van der Waals surface area contributed by atoms with Gasteiger partial charge in [-0.3, -0.25) is 4.79 Å². The zero-order valence-electron chi connectivity index (χ0n) is 11.4. The van der Waals surface area contributed by atoms with Crippen LogP contribution in [-0.2, 0) is 6.54 Å². The zero-order valence-corrected chi connectivity index (χ0v) is 14.6. The Morgan fingerprint density at radius 2 is 1.91 bits per heavy atom. The Balaban J connectivity index is 2.05. The van der Waals surface area contributed by atoms with Gasteiger partial charge in [-0.2, -0.15) is 0 Å². The van der Waals surface area contributed by atoms with Crippen LogP contribution in [0.1, 0.15) is 10.4 Å². The van der Waals surface area contributed by atoms with Crippen molar-refractivity contribution in [1.29, 1.82) is 0 Å². The first-order valence-electron chi connectivity index (χ1n) is 6.87. The van der Waals surface area contributed by atoms with Gasteiger partial charge in [0.2, 0.25) is 0 Å². The Hall–Kier alpha value is -1.66. The summed E-state index contributed by atoms with van der Waals surface area (Å²) in [6, 6.07) is 11.7. The van der Waals surface area contributed by atoms with Crippen molar-refractivity contribution in [1.82, 2.24) is 14.9 Å². The highest BCUT2D eigenvalue weighted by molar-refractivity contribution is 9.11. The third-order valence-corrected chi connectivity index (χ3v) is 4.67. The molecule has 110 valence electrons. The lowest BCUT2D eigenvalue weighted by molar-refractivity contribution is 0.0956. The predicted octanol–water partition coefficient (Wildman–Crippen LogP) is 3.97. The number of hydrogen-bond acceptors (Lipinski definition) is 2. The number of hydrogen-bond donors (Lipinski definition) is 1. The summed E-state index contributed by atoms with van der Waals surface area (Å²) in [6.45, 7) is 1.31. The van der Waals surface area contributed by atoms with Crippen LogP contribution in [0.4, 0.5) is 0 Å². The molecule has 0 atom stereocenters. The monoisotopic (exact) mass is 419 g/mol. The highest BCUT2D eigenvalue weighted by Gasteiger charge is 2.21. The standard InChI is InChI=1S/C16H11Br2N3O/c17-10-6-9(7-11(18)8-10)15-20-13-3-1-2-12-14(13)21(15)5-4-19-16(12)22/h1-3,6-8H,4-5H2,(H,19,22). The Labute approximate surface area is 143 Å². The average Bonchev–Trinajstić information content (AvgIpc) is 2.76. The number of rotatable bonds is 1. The van der Waals surface area contributed by atoms with Crippen molar-refractivity contribution in [3.8, 4) is 11.4 Å². The smallest absolute Gasteiger partial charge is 0.253 e. The fraction of sp³-hybridized carbons (Fsp3) is 0.125. The lowest BCUT2D eigenvalue weighted by Crippen LogP contribution is -2.24. The maximum Gasteiger partial charge on any atom is 0.253 e. The number of aromatic nitrogens is 2. The summed E-state index contributed by atoms with van der Waals surface area (Å²) in [5.41, 5.74) is 3.45. The van der Waals surface area contributed by atoms with E-state index in [0.29, 0.717) is 18.7 Å². The summed E-state index contributed by atoms with van der Waals surface area (Å²) in [5.74, 6) is 0.840. The van der Waals surface area contributed by atoms with Gasteiger partial charge in [-0.15, -0.1) is 0 Å². The number of amides is 1. The Morgan fingerprint density at radius 1 is 1.14 bits per heavy atom. The largest absolute Gasteiger partial charge is 0.350 e. The van der Waals surface area contributed by atoms with E-state index in [9.17, 15) is 4.79 Å². The molecule has 0 saturated carbocycles. The second-order valence-electron chi connectivity index (χ2n) is 5.17. The minimum Gasteiger partial charge on any atom is -0.350 e. The third kappa shape index (κ3) is 2.18. The predicted molar refractivity (Wildman–Crippen MR) is 92.9 cm³/mol. The molecular formula is C16H11Br2N3O. The highest BCUT2D eigenvalue weighted by Crippen LogP contribution is 2.31. The van der Waals surface area contributed by atoms with Crippen LogP contribution >= 0.6 is 31.9 Å². The molecule has 2 aromatic carbocycles. The van der Waals surface area contributed by atoms with E-state index in [0.717, 1.165) is 31.4 Å². The number of halogens is 2. The molecule has 22 heavy (non-hydrogen) atoms. The van der Waals surface area contributed by atoms with Crippen molar-refractivity contribution in [3.05, 3.63) is 50.9 Å². The molecular weight excluding hydrogens is 410 g/mol. The lowest BCUT2D eigenvalue weighted by atomic mass is 10.1. The van der Waals surface area contributed by atoms with E-state index >= 15 is 0 Å². The van der Waals surface area contributed by atoms with Gasteiger partial charge in [0.1, 0.15) is 5.82 Å². The molecule has 0 bridgehead atoms. The summed E-state index contributed by atoms with van der Waals surface area (Å²) in [4.78, 5) is 16.9.